The van der Waals surface area contributed by atoms with Crippen LogP contribution < -0.4 is 15.5 Å². The van der Waals surface area contributed by atoms with E-state index in [-0.39, 0.29) is 30.1 Å². The van der Waals surface area contributed by atoms with Gasteiger partial charge in [0.05, 0.1) is 11.6 Å². The minimum absolute atomic E-state index is 0.0771. The maximum absolute atomic E-state index is 12.8. The van der Waals surface area contributed by atoms with Gasteiger partial charge in [0.15, 0.2) is 0 Å². The van der Waals surface area contributed by atoms with Crippen molar-refractivity contribution in [3.05, 3.63) is 52.5 Å². The van der Waals surface area contributed by atoms with Crippen molar-refractivity contribution in [1.82, 2.24) is 0 Å². The Morgan fingerprint density at radius 2 is 1.86 bits per heavy atom. The number of carbonyl (C=O) groups is 3. The van der Waals surface area contributed by atoms with Crippen LogP contribution in [-0.2, 0) is 14.4 Å². The minimum Gasteiger partial charge on any atom is -0.326 e. The molecular weight excluding hydrogens is 434 g/mol. The average molecular weight is 458 g/mol. The van der Waals surface area contributed by atoms with Crippen molar-refractivity contribution in [2.75, 3.05) is 22.1 Å². The van der Waals surface area contributed by atoms with E-state index in [0.717, 1.165) is 15.7 Å². The predicted molar refractivity (Wildman–Crippen MR) is 118 cm³/mol. The molecule has 1 saturated heterocycles. The van der Waals surface area contributed by atoms with Crippen molar-refractivity contribution in [3.63, 3.8) is 0 Å². The maximum atomic E-state index is 12.8. The Morgan fingerprint density at radius 3 is 2.55 bits per heavy atom. The van der Waals surface area contributed by atoms with Crippen molar-refractivity contribution in [2.45, 2.75) is 27.2 Å². The van der Waals surface area contributed by atoms with Crippen molar-refractivity contribution in [2.24, 2.45) is 11.8 Å². The van der Waals surface area contributed by atoms with E-state index in [0.29, 0.717) is 17.9 Å². The molecule has 1 atom stereocenters. The van der Waals surface area contributed by atoms with Crippen LogP contribution in [0.1, 0.15) is 25.8 Å². The number of halogens is 1. The van der Waals surface area contributed by atoms with Crippen molar-refractivity contribution >= 4 is 50.7 Å². The zero-order chi connectivity index (χ0) is 21.1. The number of para-hydroxylation sites is 1. The number of amides is 3. The van der Waals surface area contributed by atoms with Crippen LogP contribution in [0.2, 0.25) is 0 Å². The van der Waals surface area contributed by atoms with Crippen molar-refractivity contribution in [1.29, 1.82) is 0 Å². The van der Waals surface area contributed by atoms with Gasteiger partial charge in [-0.1, -0.05) is 32.0 Å². The quantitative estimate of drug-likeness (QED) is 0.700. The van der Waals surface area contributed by atoms with Crippen molar-refractivity contribution in [3.8, 4) is 0 Å². The topological polar surface area (TPSA) is 78.5 Å². The summed E-state index contributed by atoms with van der Waals surface area (Å²) in [4.78, 5) is 38.9. The Morgan fingerprint density at radius 1 is 1.14 bits per heavy atom. The van der Waals surface area contributed by atoms with Gasteiger partial charge in [0.2, 0.25) is 17.7 Å². The Balaban J connectivity index is 1.71. The molecule has 3 rings (SSSR count). The molecular formula is C22H24BrN3O3. The predicted octanol–water partition coefficient (Wildman–Crippen LogP) is 4.34. The largest absolute Gasteiger partial charge is 0.326 e. The number of hydrogen-bond donors (Lipinski definition) is 2. The fourth-order valence-electron chi connectivity index (χ4n) is 3.14. The second kappa shape index (κ2) is 8.78. The standard InChI is InChI=1S/C22H24BrN3O3/c1-13(2)21(28)24-16-9-8-14(3)18(11-16)25-22(29)15-10-20(27)26(12-15)19-7-5-4-6-17(19)23/h4-9,11,13,15H,10,12H2,1-3H3,(H,24,28)(H,25,29). The Hall–Kier alpha value is -2.67. The highest BCUT2D eigenvalue weighted by Gasteiger charge is 2.36. The molecule has 3 amide bonds. The van der Waals surface area contributed by atoms with Crippen LogP contribution in [0, 0.1) is 18.8 Å². The third-order valence-corrected chi connectivity index (χ3v) is 5.60. The van der Waals surface area contributed by atoms with Crippen LogP contribution in [-0.4, -0.2) is 24.3 Å². The Labute approximate surface area is 178 Å². The number of carbonyl (C=O) groups excluding carboxylic acids is 3. The zero-order valence-electron chi connectivity index (χ0n) is 16.7. The van der Waals surface area contributed by atoms with E-state index >= 15 is 0 Å². The molecule has 1 aliphatic rings. The summed E-state index contributed by atoms with van der Waals surface area (Å²) in [5, 5.41) is 5.76. The van der Waals surface area contributed by atoms with Crippen LogP contribution in [0.15, 0.2) is 46.9 Å². The van der Waals surface area contributed by atoms with Crippen LogP contribution in [0.5, 0.6) is 0 Å². The van der Waals surface area contributed by atoms with E-state index in [9.17, 15) is 14.4 Å². The van der Waals surface area contributed by atoms with Gasteiger partial charge < -0.3 is 15.5 Å². The van der Waals surface area contributed by atoms with Gasteiger partial charge in [-0.15, -0.1) is 0 Å². The molecule has 152 valence electrons. The first-order valence-electron chi connectivity index (χ1n) is 9.53. The smallest absolute Gasteiger partial charge is 0.229 e. The number of nitrogens with one attached hydrogen (secondary N) is 2. The molecule has 2 aromatic carbocycles. The van der Waals surface area contributed by atoms with Crippen LogP contribution in [0.4, 0.5) is 17.1 Å². The molecule has 6 nitrogen and oxygen atoms in total. The summed E-state index contributed by atoms with van der Waals surface area (Å²) in [6.45, 7) is 5.85. The summed E-state index contributed by atoms with van der Waals surface area (Å²) in [6, 6.07) is 12.9. The Bertz CT molecular complexity index is 958. The number of rotatable bonds is 5. The normalized spacial score (nSPS) is 16.2. The minimum atomic E-state index is -0.442. The maximum Gasteiger partial charge on any atom is 0.229 e. The summed E-state index contributed by atoms with van der Waals surface area (Å²) < 4.78 is 0.818. The van der Waals surface area contributed by atoms with Gasteiger partial charge in [0.1, 0.15) is 0 Å². The number of benzene rings is 2. The molecule has 7 heteroatoms. The number of anilines is 3. The molecule has 2 aromatic rings. The molecule has 2 N–H and O–H groups in total. The highest BCUT2D eigenvalue weighted by Crippen LogP contribution is 2.32. The van der Waals surface area contributed by atoms with Crippen LogP contribution in [0.25, 0.3) is 0 Å². The van der Waals surface area contributed by atoms with E-state index in [2.05, 4.69) is 26.6 Å². The number of aryl methyl sites for hydroxylation is 1. The van der Waals surface area contributed by atoms with Gasteiger partial charge in [-0.25, -0.2) is 0 Å². The molecule has 0 aromatic heterocycles. The summed E-state index contributed by atoms with van der Waals surface area (Å²) in [7, 11) is 0. The molecule has 0 bridgehead atoms. The lowest BCUT2D eigenvalue weighted by atomic mass is 10.1. The van der Waals surface area contributed by atoms with Crippen LogP contribution >= 0.6 is 15.9 Å². The molecule has 0 radical (unpaired) electrons. The van der Waals surface area contributed by atoms with Gasteiger partial charge in [-0.2, -0.15) is 0 Å². The molecule has 1 unspecified atom stereocenters. The van der Waals surface area contributed by atoms with E-state index in [1.165, 1.54) is 0 Å². The van der Waals surface area contributed by atoms with E-state index in [4.69, 9.17) is 0 Å². The molecule has 1 heterocycles. The van der Waals surface area contributed by atoms with Gasteiger partial charge in [-0.05, 0) is 52.7 Å². The van der Waals surface area contributed by atoms with Crippen LogP contribution in [0.3, 0.4) is 0 Å². The van der Waals surface area contributed by atoms with Crippen molar-refractivity contribution < 1.29 is 14.4 Å². The summed E-state index contributed by atoms with van der Waals surface area (Å²) in [5.41, 5.74) is 2.90. The molecule has 1 fully saturated rings. The summed E-state index contributed by atoms with van der Waals surface area (Å²) >= 11 is 3.46. The summed E-state index contributed by atoms with van der Waals surface area (Å²) in [6.07, 6.45) is 0.163. The summed E-state index contributed by atoms with van der Waals surface area (Å²) in [5.74, 6) is -0.947. The van der Waals surface area contributed by atoms with E-state index in [1.807, 2.05) is 51.1 Å². The third-order valence-electron chi connectivity index (χ3n) is 4.93. The lowest BCUT2D eigenvalue weighted by Gasteiger charge is -2.18. The first-order chi connectivity index (χ1) is 13.8. The number of hydrogen-bond acceptors (Lipinski definition) is 3. The molecule has 29 heavy (non-hydrogen) atoms. The average Bonchev–Trinajstić information content (AvgIpc) is 3.06. The third kappa shape index (κ3) is 4.85. The first kappa shape index (κ1) is 21.0. The lowest BCUT2D eigenvalue weighted by molar-refractivity contribution is -0.122. The van der Waals surface area contributed by atoms with Gasteiger partial charge in [0.25, 0.3) is 0 Å². The second-order valence-electron chi connectivity index (χ2n) is 7.52. The van der Waals surface area contributed by atoms with Gasteiger partial charge >= 0.3 is 0 Å². The molecule has 0 aliphatic carbocycles. The number of nitrogens with zero attached hydrogens (tertiary/aromatic N) is 1. The fourth-order valence-corrected chi connectivity index (χ4v) is 3.64. The van der Waals surface area contributed by atoms with E-state index < -0.39 is 5.92 Å². The fraction of sp³-hybridized carbons (Fsp3) is 0.318. The second-order valence-corrected chi connectivity index (χ2v) is 8.37. The Kier molecular flexibility index (Phi) is 6.37. The highest BCUT2D eigenvalue weighted by atomic mass is 79.9. The molecule has 0 saturated carbocycles. The SMILES string of the molecule is Cc1ccc(NC(=O)C(C)C)cc1NC(=O)C1CC(=O)N(c2ccccc2Br)C1. The monoisotopic (exact) mass is 457 g/mol. The zero-order valence-corrected chi connectivity index (χ0v) is 18.2. The van der Waals surface area contributed by atoms with Gasteiger partial charge in [0, 0.05) is 34.7 Å². The molecule has 0 spiro atoms. The first-order valence-corrected chi connectivity index (χ1v) is 10.3. The molecule has 1 aliphatic heterocycles. The van der Waals surface area contributed by atoms with Gasteiger partial charge in [-0.3, -0.25) is 14.4 Å². The highest BCUT2D eigenvalue weighted by molar-refractivity contribution is 9.10. The van der Waals surface area contributed by atoms with E-state index in [1.54, 1.807) is 17.0 Å². The lowest BCUT2D eigenvalue weighted by Crippen LogP contribution is -2.28.